The summed E-state index contributed by atoms with van der Waals surface area (Å²) >= 11 is 0. The Hall–Kier alpha value is -1.52. The Morgan fingerprint density at radius 3 is 2.63 bits per heavy atom. The van der Waals surface area contributed by atoms with Crippen molar-refractivity contribution in [2.45, 2.75) is 46.6 Å². The average molecular weight is 265 g/mol. The van der Waals surface area contributed by atoms with Crippen molar-refractivity contribution >= 4 is 6.09 Å². The van der Waals surface area contributed by atoms with Crippen molar-refractivity contribution in [2.24, 2.45) is 10.8 Å². The molecular weight excluding hydrogens is 242 g/mol. The Labute approximate surface area is 114 Å². The maximum atomic E-state index is 11.7. The van der Waals surface area contributed by atoms with Crippen molar-refractivity contribution in [2.75, 3.05) is 6.61 Å². The Morgan fingerprint density at radius 1 is 1.42 bits per heavy atom. The Morgan fingerprint density at radius 2 is 2.11 bits per heavy atom. The molecule has 1 aliphatic rings. The number of alkyl carbamates (subject to hydrolysis) is 1. The molecule has 2 rings (SSSR count). The standard InChI is InChI=1S/C14H23N3O2/c1-13(2)11(14(13,3)4)17-12(18)19-7-5-6-10-8-15-9-16-10/h8-9,11H,5-7H2,1-4H3,(H,15,16)(H,17,18). The summed E-state index contributed by atoms with van der Waals surface area (Å²) in [6.07, 6.45) is 4.77. The quantitative estimate of drug-likeness (QED) is 0.804. The van der Waals surface area contributed by atoms with Crippen molar-refractivity contribution < 1.29 is 9.53 Å². The number of H-pyrrole nitrogens is 1. The molecule has 5 heteroatoms. The molecule has 0 bridgehead atoms. The highest BCUT2D eigenvalue weighted by Crippen LogP contribution is 2.62. The lowest BCUT2D eigenvalue weighted by atomic mass is 10.0. The van der Waals surface area contributed by atoms with Crippen molar-refractivity contribution in [1.82, 2.24) is 15.3 Å². The molecule has 1 aromatic rings. The summed E-state index contributed by atoms with van der Waals surface area (Å²) in [5.41, 5.74) is 1.35. The number of carbonyl (C=O) groups is 1. The third-order valence-corrected chi connectivity index (χ3v) is 4.66. The minimum Gasteiger partial charge on any atom is -0.450 e. The van der Waals surface area contributed by atoms with Gasteiger partial charge in [0.2, 0.25) is 0 Å². The smallest absolute Gasteiger partial charge is 0.407 e. The van der Waals surface area contributed by atoms with Gasteiger partial charge in [-0.05, 0) is 23.7 Å². The van der Waals surface area contributed by atoms with Gasteiger partial charge in [0.05, 0.1) is 12.9 Å². The number of aryl methyl sites for hydroxylation is 1. The van der Waals surface area contributed by atoms with Gasteiger partial charge in [0.25, 0.3) is 0 Å². The molecule has 1 fully saturated rings. The van der Waals surface area contributed by atoms with Crippen LogP contribution < -0.4 is 5.32 Å². The zero-order chi connectivity index (χ0) is 14.1. The van der Waals surface area contributed by atoms with Crippen LogP contribution in [0.15, 0.2) is 12.5 Å². The lowest BCUT2D eigenvalue weighted by molar-refractivity contribution is 0.142. The molecule has 0 saturated heterocycles. The lowest BCUT2D eigenvalue weighted by Crippen LogP contribution is -2.30. The van der Waals surface area contributed by atoms with Gasteiger partial charge in [-0.2, -0.15) is 0 Å². The Kier molecular flexibility index (Phi) is 3.56. The summed E-state index contributed by atoms with van der Waals surface area (Å²) in [4.78, 5) is 18.6. The lowest BCUT2D eigenvalue weighted by Gasteiger charge is -2.08. The normalized spacial score (nSPS) is 20.0. The first-order valence-electron chi connectivity index (χ1n) is 6.76. The van der Waals surface area contributed by atoms with Crippen LogP contribution in [0.4, 0.5) is 4.79 Å². The highest BCUT2D eigenvalue weighted by molar-refractivity contribution is 5.68. The number of nitrogens with one attached hydrogen (secondary N) is 2. The van der Waals surface area contributed by atoms with Crippen LogP contribution in [-0.4, -0.2) is 28.7 Å². The molecule has 0 spiro atoms. The molecule has 2 N–H and O–H groups in total. The van der Waals surface area contributed by atoms with E-state index in [1.165, 1.54) is 0 Å². The fourth-order valence-electron chi connectivity index (χ4n) is 2.57. The van der Waals surface area contributed by atoms with Crippen molar-refractivity contribution in [1.29, 1.82) is 0 Å². The van der Waals surface area contributed by atoms with Crippen LogP contribution in [0, 0.1) is 10.8 Å². The van der Waals surface area contributed by atoms with Crippen LogP contribution in [-0.2, 0) is 11.2 Å². The van der Waals surface area contributed by atoms with E-state index in [0.29, 0.717) is 6.61 Å². The number of hydrogen-bond acceptors (Lipinski definition) is 3. The highest BCUT2D eigenvalue weighted by Gasteiger charge is 2.65. The maximum absolute atomic E-state index is 11.7. The molecule has 0 radical (unpaired) electrons. The SMILES string of the molecule is CC1(C)C(NC(=O)OCCCc2cnc[nH]2)C1(C)C. The van der Waals surface area contributed by atoms with Crippen molar-refractivity contribution in [3.63, 3.8) is 0 Å². The molecule has 1 aliphatic carbocycles. The minimum atomic E-state index is -0.312. The number of hydrogen-bond donors (Lipinski definition) is 2. The molecular formula is C14H23N3O2. The predicted octanol–water partition coefficient (Wildman–Crippen LogP) is 2.50. The van der Waals surface area contributed by atoms with Crippen LogP contribution in [0.5, 0.6) is 0 Å². The molecule has 0 unspecified atom stereocenters. The molecule has 5 nitrogen and oxygen atoms in total. The fraction of sp³-hybridized carbons (Fsp3) is 0.714. The fourth-order valence-corrected chi connectivity index (χ4v) is 2.57. The first-order chi connectivity index (χ1) is 8.85. The number of aromatic amines is 1. The first kappa shape index (κ1) is 13.9. The van der Waals surface area contributed by atoms with E-state index >= 15 is 0 Å². The van der Waals surface area contributed by atoms with Gasteiger partial charge >= 0.3 is 6.09 Å². The summed E-state index contributed by atoms with van der Waals surface area (Å²) in [7, 11) is 0. The number of amides is 1. The van der Waals surface area contributed by atoms with Crippen molar-refractivity contribution in [3.05, 3.63) is 18.2 Å². The second kappa shape index (κ2) is 4.87. The molecule has 106 valence electrons. The molecule has 1 amide bonds. The summed E-state index contributed by atoms with van der Waals surface area (Å²) in [6.45, 7) is 9.08. The topological polar surface area (TPSA) is 67.0 Å². The van der Waals surface area contributed by atoms with Gasteiger partial charge in [-0.25, -0.2) is 9.78 Å². The maximum Gasteiger partial charge on any atom is 0.407 e. The van der Waals surface area contributed by atoms with Crippen LogP contribution in [0.25, 0.3) is 0 Å². The number of imidazole rings is 1. The van der Waals surface area contributed by atoms with Gasteiger partial charge in [-0.1, -0.05) is 27.7 Å². The molecule has 1 aromatic heterocycles. The van der Waals surface area contributed by atoms with Crippen LogP contribution in [0.2, 0.25) is 0 Å². The zero-order valence-corrected chi connectivity index (χ0v) is 12.1. The number of ether oxygens (including phenoxy) is 1. The van der Waals surface area contributed by atoms with Gasteiger partial charge in [0.1, 0.15) is 0 Å². The summed E-state index contributed by atoms with van der Waals surface area (Å²) in [5, 5.41) is 2.95. The third kappa shape index (κ3) is 2.74. The molecule has 0 aromatic carbocycles. The number of aromatic nitrogens is 2. The number of nitrogens with zero attached hydrogens (tertiary/aromatic N) is 1. The largest absolute Gasteiger partial charge is 0.450 e. The van der Waals surface area contributed by atoms with E-state index in [1.54, 1.807) is 12.5 Å². The Bertz CT molecular complexity index is 424. The average Bonchev–Trinajstić information content (AvgIpc) is 2.78. The Balaban J connectivity index is 1.63. The second-order valence-corrected chi connectivity index (χ2v) is 6.34. The van der Waals surface area contributed by atoms with Gasteiger partial charge in [-0.15, -0.1) is 0 Å². The number of carbonyl (C=O) groups excluding carboxylic acids is 1. The van der Waals surface area contributed by atoms with E-state index < -0.39 is 0 Å². The van der Waals surface area contributed by atoms with Crippen LogP contribution in [0.3, 0.4) is 0 Å². The van der Waals surface area contributed by atoms with E-state index in [-0.39, 0.29) is 23.0 Å². The molecule has 0 atom stereocenters. The molecule has 1 heterocycles. The van der Waals surface area contributed by atoms with E-state index in [9.17, 15) is 4.79 Å². The first-order valence-corrected chi connectivity index (χ1v) is 6.76. The second-order valence-electron chi connectivity index (χ2n) is 6.34. The summed E-state index contributed by atoms with van der Waals surface area (Å²) in [6, 6.07) is 0.195. The van der Waals surface area contributed by atoms with Gasteiger partial charge in [0, 0.05) is 17.9 Å². The van der Waals surface area contributed by atoms with Gasteiger partial charge in [0.15, 0.2) is 0 Å². The van der Waals surface area contributed by atoms with Crippen LogP contribution >= 0.6 is 0 Å². The third-order valence-electron chi connectivity index (χ3n) is 4.66. The summed E-state index contributed by atoms with van der Waals surface area (Å²) in [5.74, 6) is 0. The van der Waals surface area contributed by atoms with Crippen molar-refractivity contribution in [3.8, 4) is 0 Å². The zero-order valence-electron chi connectivity index (χ0n) is 12.1. The number of rotatable bonds is 5. The summed E-state index contributed by atoms with van der Waals surface area (Å²) < 4.78 is 5.19. The minimum absolute atomic E-state index is 0.141. The highest BCUT2D eigenvalue weighted by atomic mass is 16.5. The monoisotopic (exact) mass is 265 g/mol. The molecule has 0 aliphatic heterocycles. The van der Waals surface area contributed by atoms with E-state index in [0.717, 1.165) is 18.5 Å². The van der Waals surface area contributed by atoms with Gasteiger partial charge < -0.3 is 15.0 Å². The van der Waals surface area contributed by atoms with E-state index in [2.05, 4.69) is 43.0 Å². The van der Waals surface area contributed by atoms with E-state index in [4.69, 9.17) is 4.74 Å². The van der Waals surface area contributed by atoms with Crippen LogP contribution in [0.1, 0.15) is 39.8 Å². The predicted molar refractivity (Wildman–Crippen MR) is 72.7 cm³/mol. The molecule has 19 heavy (non-hydrogen) atoms. The molecule has 1 saturated carbocycles. The van der Waals surface area contributed by atoms with Gasteiger partial charge in [-0.3, -0.25) is 0 Å². The van der Waals surface area contributed by atoms with E-state index in [1.807, 2.05) is 0 Å².